The number of carboxylic acids is 1. The molecule has 0 atom stereocenters. The zero-order valence-electron chi connectivity index (χ0n) is 13.0. The molecule has 6 heteroatoms. The molecule has 1 fully saturated rings. The molecule has 1 saturated heterocycles. The Morgan fingerprint density at radius 3 is 2.38 bits per heavy atom. The van der Waals surface area contributed by atoms with E-state index in [0.29, 0.717) is 11.3 Å². The van der Waals surface area contributed by atoms with Gasteiger partial charge in [-0.25, -0.2) is 4.79 Å². The second-order valence-electron chi connectivity index (χ2n) is 6.16. The molecule has 0 amide bonds. The maximum Gasteiger partial charge on any atom is 0.487 e. The zero-order valence-corrected chi connectivity index (χ0v) is 13.0. The monoisotopic (exact) mass is 289 g/mol. The van der Waals surface area contributed by atoms with Crippen LogP contribution in [0.1, 0.15) is 49.3 Å². The number of aromatic nitrogens is 1. The lowest BCUT2D eigenvalue weighted by Gasteiger charge is -2.32. The summed E-state index contributed by atoms with van der Waals surface area (Å²) in [5.41, 5.74) is 0.682. The van der Waals surface area contributed by atoms with Gasteiger partial charge in [0.05, 0.1) is 22.5 Å². The normalized spacial score (nSPS) is 20.1. The van der Waals surface area contributed by atoms with E-state index in [1.807, 2.05) is 27.7 Å². The molecule has 0 bridgehead atoms. The van der Waals surface area contributed by atoms with E-state index in [1.54, 1.807) is 19.0 Å². The molecular formula is C15H20BNO4. The second-order valence-corrected chi connectivity index (χ2v) is 6.16. The minimum absolute atomic E-state index is 0.249. The third-order valence-corrected chi connectivity index (χ3v) is 4.16. The highest BCUT2D eigenvalue weighted by Crippen LogP contribution is 2.37. The van der Waals surface area contributed by atoms with E-state index in [2.05, 4.69) is 4.98 Å². The molecule has 0 aliphatic carbocycles. The highest BCUT2D eigenvalue weighted by Gasteiger charge is 2.50. The van der Waals surface area contributed by atoms with Crippen LogP contribution in [0.25, 0.3) is 6.08 Å². The topological polar surface area (TPSA) is 68.7 Å². The Hall–Kier alpha value is -1.66. The number of hydrogen-bond acceptors (Lipinski definition) is 4. The van der Waals surface area contributed by atoms with Gasteiger partial charge in [-0.15, -0.1) is 0 Å². The summed E-state index contributed by atoms with van der Waals surface area (Å²) >= 11 is 0. The number of rotatable bonds is 3. The number of aromatic carboxylic acids is 1. The van der Waals surface area contributed by atoms with E-state index >= 15 is 0 Å². The Morgan fingerprint density at radius 2 is 1.86 bits per heavy atom. The van der Waals surface area contributed by atoms with E-state index < -0.39 is 24.3 Å². The van der Waals surface area contributed by atoms with Crippen molar-refractivity contribution < 1.29 is 19.2 Å². The molecule has 1 aliphatic heterocycles. The van der Waals surface area contributed by atoms with Gasteiger partial charge in [-0.3, -0.25) is 4.98 Å². The van der Waals surface area contributed by atoms with E-state index in [4.69, 9.17) is 14.4 Å². The Balaban J connectivity index is 2.20. The van der Waals surface area contributed by atoms with Gasteiger partial charge in [0.2, 0.25) is 0 Å². The summed E-state index contributed by atoms with van der Waals surface area (Å²) in [6.07, 6.45) is 3.23. The van der Waals surface area contributed by atoms with Crippen molar-refractivity contribution in [2.75, 3.05) is 0 Å². The average molecular weight is 289 g/mol. The lowest BCUT2D eigenvalue weighted by atomic mass is 9.89. The van der Waals surface area contributed by atoms with Gasteiger partial charge in [0.25, 0.3) is 0 Å². The van der Waals surface area contributed by atoms with Gasteiger partial charge in [-0.05, 0) is 52.3 Å². The summed E-state index contributed by atoms with van der Waals surface area (Å²) in [6, 6.07) is 1.49. The third-order valence-electron chi connectivity index (χ3n) is 4.16. The number of hydrogen-bond donors (Lipinski definition) is 1. The van der Waals surface area contributed by atoms with E-state index in [1.165, 1.54) is 12.3 Å². The molecule has 0 unspecified atom stereocenters. The first kappa shape index (κ1) is 15.7. The van der Waals surface area contributed by atoms with Crippen LogP contribution in [0.15, 0.2) is 18.2 Å². The van der Waals surface area contributed by atoms with E-state index in [9.17, 15) is 4.79 Å². The fourth-order valence-electron chi connectivity index (χ4n) is 2.09. The van der Waals surface area contributed by atoms with Crippen molar-refractivity contribution in [1.82, 2.24) is 4.98 Å². The maximum absolute atomic E-state index is 11.1. The first-order valence-electron chi connectivity index (χ1n) is 6.87. The molecule has 21 heavy (non-hydrogen) atoms. The van der Waals surface area contributed by atoms with Crippen LogP contribution >= 0.6 is 0 Å². The van der Waals surface area contributed by atoms with E-state index in [0.717, 1.165) is 0 Å². The van der Waals surface area contributed by atoms with Crippen molar-refractivity contribution >= 4 is 19.2 Å². The first-order valence-corrected chi connectivity index (χ1v) is 6.87. The third kappa shape index (κ3) is 3.01. The second kappa shape index (κ2) is 5.28. The number of nitrogens with zero attached hydrogens (tertiary/aromatic N) is 1. The number of pyridine rings is 1. The van der Waals surface area contributed by atoms with Crippen LogP contribution in [0.4, 0.5) is 0 Å². The van der Waals surface area contributed by atoms with Crippen molar-refractivity contribution in [1.29, 1.82) is 0 Å². The van der Waals surface area contributed by atoms with Gasteiger partial charge in [-0.1, -0.05) is 5.98 Å². The quantitative estimate of drug-likeness (QED) is 0.866. The van der Waals surface area contributed by atoms with Crippen molar-refractivity contribution in [2.45, 2.75) is 45.8 Å². The molecule has 0 spiro atoms. The minimum Gasteiger partial charge on any atom is -0.478 e. The van der Waals surface area contributed by atoms with Crippen LogP contribution < -0.4 is 0 Å². The molecule has 0 aromatic carbocycles. The van der Waals surface area contributed by atoms with Crippen molar-refractivity contribution in [3.05, 3.63) is 35.1 Å². The molecule has 5 nitrogen and oxygen atoms in total. The average Bonchev–Trinajstić information content (AvgIpc) is 2.56. The molecule has 1 aromatic rings. The van der Waals surface area contributed by atoms with Crippen molar-refractivity contribution in [3.8, 4) is 0 Å². The highest BCUT2D eigenvalue weighted by molar-refractivity contribution is 6.52. The van der Waals surface area contributed by atoms with Crippen LogP contribution in [0.3, 0.4) is 0 Å². The van der Waals surface area contributed by atoms with Crippen LogP contribution in [-0.4, -0.2) is 34.4 Å². The summed E-state index contributed by atoms with van der Waals surface area (Å²) in [5.74, 6) is 0.803. The molecule has 0 radical (unpaired) electrons. The SMILES string of the molecule is Cc1c(C(=O)O)ccnc1/C=C/B1OC(C)(C)C(C)(C)O1. The van der Waals surface area contributed by atoms with Crippen LogP contribution in [0.5, 0.6) is 0 Å². The smallest absolute Gasteiger partial charge is 0.478 e. The molecule has 1 aliphatic rings. The minimum atomic E-state index is -0.958. The summed E-state index contributed by atoms with van der Waals surface area (Å²) < 4.78 is 11.7. The maximum atomic E-state index is 11.1. The molecule has 2 heterocycles. The zero-order chi connectivity index (χ0) is 15.8. The van der Waals surface area contributed by atoms with Gasteiger partial charge in [0, 0.05) is 6.20 Å². The first-order chi connectivity index (χ1) is 9.64. The predicted octanol–water partition coefficient (Wildman–Crippen LogP) is 2.73. The molecule has 0 saturated carbocycles. The van der Waals surface area contributed by atoms with Gasteiger partial charge in [0.1, 0.15) is 0 Å². The van der Waals surface area contributed by atoms with Crippen molar-refractivity contribution in [2.24, 2.45) is 0 Å². The Labute approximate surface area is 125 Å². The fourth-order valence-corrected chi connectivity index (χ4v) is 2.09. The fraction of sp³-hybridized carbons (Fsp3) is 0.467. The lowest BCUT2D eigenvalue weighted by molar-refractivity contribution is 0.00578. The summed E-state index contributed by atoms with van der Waals surface area (Å²) in [6.45, 7) is 9.66. The Bertz CT molecular complexity index is 579. The molecular weight excluding hydrogens is 269 g/mol. The largest absolute Gasteiger partial charge is 0.487 e. The Morgan fingerprint density at radius 1 is 1.29 bits per heavy atom. The van der Waals surface area contributed by atoms with Crippen LogP contribution in [-0.2, 0) is 9.31 Å². The van der Waals surface area contributed by atoms with Gasteiger partial charge >= 0.3 is 13.1 Å². The van der Waals surface area contributed by atoms with E-state index in [-0.39, 0.29) is 5.56 Å². The molecule has 1 aromatic heterocycles. The predicted molar refractivity (Wildman–Crippen MR) is 81.0 cm³/mol. The van der Waals surface area contributed by atoms with Gasteiger partial charge < -0.3 is 14.4 Å². The Kier molecular flexibility index (Phi) is 3.95. The number of carboxylic acid groups (broad SMARTS) is 1. The van der Waals surface area contributed by atoms with Gasteiger partial charge in [-0.2, -0.15) is 0 Å². The van der Waals surface area contributed by atoms with Crippen LogP contribution in [0, 0.1) is 6.92 Å². The van der Waals surface area contributed by atoms with Crippen LogP contribution in [0.2, 0.25) is 0 Å². The molecule has 2 rings (SSSR count). The summed E-state index contributed by atoms with van der Waals surface area (Å²) in [4.78, 5) is 15.3. The standard InChI is InChI=1S/C15H20BNO4/c1-10-11(13(18)19)7-9-17-12(10)6-8-16-20-14(2,3)15(4,5)21-16/h6-9H,1-5H3,(H,18,19)/b8-6+. The number of carbonyl (C=O) groups is 1. The highest BCUT2D eigenvalue weighted by atomic mass is 16.7. The lowest BCUT2D eigenvalue weighted by Crippen LogP contribution is -2.41. The summed E-state index contributed by atoms with van der Waals surface area (Å²) in [7, 11) is -0.468. The molecule has 112 valence electrons. The summed E-state index contributed by atoms with van der Waals surface area (Å²) in [5, 5.41) is 9.11. The van der Waals surface area contributed by atoms with Gasteiger partial charge in [0.15, 0.2) is 0 Å². The molecule has 1 N–H and O–H groups in total. The van der Waals surface area contributed by atoms with Crippen molar-refractivity contribution in [3.63, 3.8) is 0 Å².